The Kier molecular flexibility index (Phi) is 7.25. The number of carboxylic acids is 1. The molecule has 7 heteroatoms. The fourth-order valence-electron chi connectivity index (χ4n) is 1.48. The molecular formula is C15H17ClO6. The molecule has 0 heterocycles. The first kappa shape index (κ1) is 17.8. The van der Waals surface area contributed by atoms with Crippen molar-refractivity contribution in [3.63, 3.8) is 0 Å². The van der Waals surface area contributed by atoms with E-state index >= 15 is 0 Å². The smallest absolute Gasteiger partial charge is 0.377 e. The quantitative estimate of drug-likeness (QED) is 0.341. The van der Waals surface area contributed by atoms with Gasteiger partial charge in [0, 0.05) is 5.02 Å². The molecule has 120 valence electrons. The lowest BCUT2D eigenvalue weighted by molar-refractivity contribution is -0.141. The molecule has 0 unspecified atom stereocenters. The van der Waals surface area contributed by atoms with Crippen molar-refractivity contribution < 1.29 is 28.9 Å². The Bertz CT molecular complexity index is 567. The van der Waals surface area contributed by atoms with Gasteiger partial charge in [-0.3, -0.25) is 0 Å². The Labute approximate surface area is 133 Å². The average molecular weight is 329 g/mol. The SMILES string of the molecule is CCCCOC(=O)C(=COC)Oc1ccc(Cl)cc1C(=O)O. The third-order valence-electron chi connectivity index (χ3n) is 2.55. The van der Waals surface area contributed by atoms with Crippen molar-refractivity contribution in [1.29, 1.82) is 0 Å². The van der Waals surface area contributed by atoms with Crippen LogP contribution in [0, 0.1) is 0 Å². The summed E-state index contributed by atoms with van der Waals surface area (Å²) in [6.07, 6.45) is 2.64. The van der Waals surface area contributed by atoms with E-state index in [1.54, 1.807) is 0 Å². The number of hydrogen-bond acceptors (Lipinski definition) is 5. The first-order valence-electron chi connectivity index (χ1n) is 6.60. The fourth-order valence-corrected chi connectivity index (χ4v) is 1.65. The van der Waals surface area contributed by atoms with Crippen molar-refractivity contribution in [1.82, 2.24) is 0 Å². The van der Waals surface area contributed by atoms with E-state index < -0.39 is 11.9 Å². The Balaban J connectivity index is 2.95. The largest absolute Gasteiger partial charge is 0.500 e. The van der Waals surface area contributed by atoms with E-state index in [-0.39, 0.29) is 28.7 Å². The molecule has 22 heavy (non-hydrogen) atoms. The van der Waals surface area contributed by atoms with Crippen molar-refractivity contribution in [2.24, 2.45) is 0 Å². The van der Waals surface area contributed by atoms with Crippen molar-refractivity contribution in [3.05, 3.63) is 40.8 Å². The van der Waals surface area contributed by atoms with E-state index in [2.05, 4.69) is 0 Å². The van der Waals surface area contributed by atoms with Gasteiger partial charge in [-0.1, -0.05) is 24.9 Å². The summed E-state index contributed by atoms with van der Waals surface area (Å²) in [5.74, 6) is -2.24. The normalized spacial score (nSPS) is 11.0. The number of rotatable bonds is 8. The molecule has 0 saturated heterocycles. The molecule has 0 radical (unpaired) electrons. The zero-order chi connectivity index (χ0) is 16.5. The molecule has 0 aromatic heterocycles. The molecule has 1 aromatic carbocycles. The number of hydrogen-bond donors (Lipinski definition) is 1. The third kappa shape index (κ3) is 5.29. The van der Waals surface area contributed by atoms with Crippen LogP contribution in [0.4, 0.5) is 0 Å². The van der Waals surface area contributed by atoms with Crippen LogP contribution in [-0.4, -0.2) is 30.8 Å². The van der Waals surface area contributed by atoms with E-state index in [1.165, 1.54) is 25.3 Å². The molecule has 1 N–H and O–H groups in total. The maximum atomic E-state index is 11.9. The molecule has 1 aromatic rings. The number of unbranched alkanes of at least 4 members (excludes halogenated alkanes) is 1. The van der Waals surface area contributed by atoms with Crippen LogP contribution in [-0.2, 0) is 14.3 Å². The van der Waals surface area contributed by atoms with Crippen molar-refractivity contribution >= 4 is 23.5 Å². The number of carboxylic acid groups (broad SMARTS) is 1. The van der Waals surface area contributed by atoms with E-state index in [0.29, 0.717) is 6.42 Å². The lowest BCUT2D eigenvalue weighted by Gasteiger charge is -2.11. The molecule has 0 spiro atoms. The van der Waals surface area contributed by atoms with Gasteiger partial charge in [0.1, 0.15) is 17.6 Å². The molecule has 6 nitrogen and oxygen atoms in total. The number of methoxy groups -OCH3 is 1. The number of carbonyl (C=O) groups is 2. The van der Waals surface area contributed by atoms with Crippen LogP contribution in [0.3, 0.4) is 0 Å². The summed E-state index contributed by atoms with van der Waals surface area (Å²) < 4.78 is 15.1. The van der Waals surface area contributed by atoms with Gasteiger partial charge in [0.25, 0.3) is 0 Å². The lowest BCUT2D eigenvalue weighted by atomic mass is 10.2. The number of esters is 1. The standard InChI is InChI=1S/C15H17ClO6/c1-3-4-7-21-15(19)13(9-20-2)22-12-6-5-10(16)8-11(12)14(17)18/h5-6,8-9H,3-4,7H2,1-2H3,(H,17,18). The van der Waals surface area contributed by atoms with Crippen molar-refractivity contribution in [2.75, 3.05) is 13.7 Å². The molecule has 0 aliphatic rings. The van der Waals surface area contributed by atoms with Gasteiger partial charge in [-0.25, -0.2) is 9.59 Å². The van der Waals surface area contributed by atoms with E-state index in [0.717, 1.165) is 12.7 Å². The summed E-state index contributed by atoms with van der Waals surface area (Å²) in [5.41, 5.74) is -0.170. The molecule has 0 amide bonds. The fraction of sp³-hybridized carbons (Fsp3) is 0.333. The molecule has 0 fully saturated rings. The summed E-state index contributed by atoms with van der Waals surface area (Å²) in [6, 6.07) is 4.04. The minimum Gasteiger partial charge on any atom is -0.500 e. The van der Waals surface area contributed by atoms with Crippen LogP contribution in [0.15, 0.2) is 30.2 Å². The molecule has 0 saturated carbocycles. The van der Waals surface area contributed by atoms with E-state index in [4.69, 9.17) is 30.9 Å². The molecular weight excluding hydrogens is 312 g/mol. The summed E-state index contributed by atoms with van der Waals surface area (Å²) in [5, 5.41) is 9.38. The zero-order valence-corrected chi connectivity index (χ0v) is 13.1. The van der Waals surface area contributed by atoms with E-state index in [9.17, 15) is 9.59 Å². The molecule has 0 aliphatic heterocycles. The highest BCUT2D eigenvalue weighted by molar-refractivity contribution is 6.31. The minimum atomic E-state index is -1.23. The van der Waals surface area contributed by atoms with Gasteiger partial charge in [0.05, 0.1) is 13.7 Å². The highest BCUT2D eigenvalue weighted by atomic mass is 35.5. The van der Waals surface area contributed by atoms with Crippen LogP contribution in [0.25, 0.3) is 0 Å². The summed E-state index contributed by atoms with van der Waals surface area (Å²) in [4.78, 5) is 23.1. The topological polar surface area (TPSA) is 82.1 Å². The molecule has 0 atom stereocenters. The highest BCUT2D eigenvalue weighted by Crippen LogP contribution is 2.25. The van der Waals surface area contributed by atoms with E-state index in [1.807, 2.05) is 6.92 Å². The second-order valence-corrected chi connectivity index (χ2v) is 4.69. The third-order valence-corrected chi connectivity index (χ3v) is 2.78. The average Bonchev–Trinajstić information content (AvgIpc) is 2.48. The summed E-state index contributed by atoms with van der Waals surface area (Å²) in [6.45, 7) is 2.20. The van der Waals surface area contributed by atoms with Crippen LogP contribution < -0.4 is 4.74 Å². The van der Waals surface area contributed by atoms with Crippen LogP contribution in [0.5, 0.6) is 5.75 Å². The van der Waals surface area contributed by atoms with Gasteiger partial charge in [-0.15, -0.1) is 0 Å². The van der Waals surface area contributed by atoms with Gasteiger partial charge < -0.3 is 19.3 Å². The Morgan fingerprint density at radius 3 is 2.68 bits per heavy atom. The number of halogens is 1. The van der Waals surface area contributed by atoms with Crippen LogP contribution >= 0.6 is 11.6 Å². The van der Waals surface area contributed by atoms with Gasteiger partial charge >= 0.3 is 11.9 Å². The van der Waals surface area contributed by atoms with Gasteiger partial charge in [-0.2, -0.15) is 0 Å². The second-order valence-electron chi connectivity index (χ2n) is 4.25. The predicted molar refractivity (Wildman–Crippen MR) is 80.0 cm³/mol. The lowest BCUT2D eigenvalue weighted by Crippen LogP contribution is -2.15. The number of aromatic carboxylic acids is 1. The van der Waals surface area contributed by atoms with Crippen molar-refractivity contribution in [2.45, 2.75) is 19.8 Å². The minimum absolute atomic E-state index is 0.0346. The van der Waals surface area contributed by atoms with Gasteiger partial charge in [0.15, 0.2) is 0 Å². The Hall–Kier alpha value is -2.21. The number of carbonyl (C=O) groups excluding carboxylic acids is 1. The summed E-state index contributed by atoms with van der Waals surface area (Å²) in [7, 11) is 1.34. The zero-order valence-electron chi connectivity index (χ0n) is 12.3. The number of ether oxygens (including phenoxy) is 3. The second kappa shape index (κ2) is 8.94. The molecule has 0 aliphatic carbocycles. The van der Waals surface area contributed by atoms with Crippen LogP contribution in [0.1, 0.15) is 30.1 Å². The van der Waals surface area contributed by atoms with Crippen molar-refractivity contribution in [3.8, 4) is 5.75 Å². The highest BCUT2D eigenvalue weighted by Gasteiger charge is 2.19. The first-order chi connectivity index (χ1) is 10.5. The Morgan fingerprint density at radius 2 is 2.09 bits per heavy atom. The number of benzene rings is 1. The maximum absolute atomic E-state index is 11.9. The maximum Gasteiger partial charge on any atom is 0.377 e. The molecule has 1 rings (SSSR count). The van der Waals surface area contributed by atoms with Crippen LogP contribution in [0.2, 0.25) is 5.02 Å². The summed E-state index contributed by atoms with van der Waals surface area (Å²) >= 11 is 5.76. The first-order valence-corrected chi connectivity index (χ1v) is 6.98. The predicted octanol–water partition coefficient (Wildman–Crippen LogP) is 3.25. The Morgan fingerprint density at radius 1 is 1.36 bits per heavy atom. The molecule has 0 bridgehead atoms. The monoisotopic (exact) mass is 328 g/mol. The van der Waals surface area contributed by atoms with Gasteiger partial charge in [-0.05, 0) is 24.6 Å². The van der Waals surface area contributed by atoms with Gasteiger partial charge in [0.2, 0.25) is 5.76 Å².